The Kier molecular flexibility index (Phi) is 4.74. The molecule has 0 bridgehead atoms. The number of ether oxygens (including phenoxy) is 1. The first-order valence-corrected chi connectivity index (χ1v) is 6.86. The van der Waals surface area contributed by atoms with Crippen molar-refractivity contribution in [2.75, 3.05) is 6.61 Å². The highest BCUT2D eigenvalue weighted by molar-refractivity contribution is 5.38. The molecule has 106 valence electrons. The summed E-state index contributed by atoms with van der Waals surface area (Å²) >= 11 is 0. The van der Waals surface area contributed by atoms with Crippen molar-refractivity contribution >= 4 is 0 Å². The van der Waals surface area contributed by atoms with Crippen molar-refractivity contribution < 1.29 is 9.13 Å². The summed E-state index contributed by atoms with van der Waals surface area (Å²) in [6, 6.07) is 12.2. The molecule has 0 radical (unpaired) electrons. The summed E-state index contributed by atoms with van der Waals surface area (Å²) in [5.41, 5.74) is 9.05. The lowest BCUT2D eigenvalue weighted by Gasteiger charge is -2.16. The summed E-state index contributed by atoms with van der Waals surface area (Å²) < 4.78 is 18.7. The molecule has 0 saturated heterocycles. The van der Waals surface area contributed by atoms with E-state index in [2.05, 4.69) is 6.92 Å². The fourth-order valence-corrected chi connectivity index (χ4v) is 2.16. The lowest BCUT2D eigenvalue weighted by atomic mass is 9.96. The van der Waals surface area contributed by atoms with Gasteiger partial charge in [0.25, 0.3) is 0 Å². The second-order valence-corrected chi connectivity index (χ2v) is 4.90. The third-order valence-corrected chi connectivity index (χ3v) is 3.28. The van der Waals surface area contributed by atoms with E-state index < -0.39 is 0 Å². The van der Waals surface area contributed by atoms with Gasteiger partial charge in [0.2, 0.25) is 0 Å². The maximum atomic E-state index is 13.1. The zero-order valence-corrected chi connectivity index (χ0v) is 11.9. The minimum absolute atomic E-state index is 0.234. The van der Waals surface area contributed by atoms with Crippen LogP contribution in [-0.4, -0.2) is 6.61 Å². The van der Waals surface area contributed by atoms with E-state index in [0.717, 1.165) is 28.9 Å². The molecule has 20 heavy (non-hydrogen) atoms. The van der Waals surface area contributed by atoms with Crippen molar-refractivity contribution in [2.45, 2.75) is 26.3 Å². The van der Waals surface area contributed by atoms with E-state index in [1.165, 1.54) is 12.1 Å². The van der Waals surface area contributed by atoms with Gasteiger partial charge in [-0.3, -0.25) is 0 Å². The second-order valence-electron chi connectivity index (χ2n) is 4.90. The van der Waals surface area contributed by atoms with Gasteiger partial charge in [-0.25, -0.2) is 4.39 Å². The normalized spacial score (nSPS) is 12.2. The van der Waals surface area contributed by atoms with E-state index in [0.29, 0.717) is 6.61 Å². The molecular formula is C17H20FNO. The predicted octanol–water partition coefficient (Wildman–Crippen LogP) is 3.97. The Balaban J connectivity index is 2.18. The van der Waals surface area contributed by atoms with Gasteiger partial charge in [0.1, 0.15) is 11.6 Å². The Morgan fingerprint density at radius 2 is 1.85 bits per heavy atom. The Hall–Kier alpha value is -1.87. The molecule has 2 rings (SSSR count). The highest BCUT2D eigenvalue weighted by Crippen LogP contribution is 2.25. The van der Waals surface area contributed by atoms with Crippen LogP contribution in [0.2, 0.25) is 0 Å². The number of rotatable bonds is 5. The van der Waals surface area contributed by atoms with Crippen LogP contribution in [0.1, 0.15) is 36.1 Å². The summed E-state index contributed by atoms with van der Waals surface area (Å²) in [5, 5.41) is 0. The largest absolute Gasteiger partial charge is 0.494 e. The predicted molar refractivity (Wildman–Crippen MR) is 79.4 cm³/mol. The molecule has 0 spiro atoms. The minimum atomic E-state index is -0.254. The Bertz CT molecular complexity index is 566. The van der Waals surface area contributed by atoms with Gasteiger partial charge >= 0.3 is 0 Å². The molecule has 1 unspecified atom stereocenters. The van der Waals surface area contributed by atoms with Gasteiger partial charge < -0.3 is 10.5 Å². The fraction of sp³-hybridized carbons (Fsp3) is 0.294. The highest BCUT2D eigenvalue weighted by Gasteiger charge is 2.12. The number of aryl methyl sites for hydroxylation is 1. The van der Waals surface area contributed by atoms with Gasteiger partial charge in [0.05, 0.1) is 12.6 Å². The molecule has 0 aliphatic rings. The quantitative estimate of drug-likeness (QED) is 0.894. The van der Waals surface area contributed by atoms with Gasteiger partial charge in [0.15, 0.2) is 0 Å². The number of nitrogens with two attached hydrogens (primary N) is 1. The molecule has 0 heterocycles. The molecule has 3 heteroatoms. The van der Waals surface area contributed by atoms with Crippen LogP contribution < -0.4 is 10.5 Å². The van der Waals surface area contributed by atoms with Gasteiger partial charge in [-0.05, 0) is 54.3 Å². The minimum Gasteiger partial charge on any atom is -0.494 e. The van der Waals surface area contributed by atoms with Crippen molar-refractivity contribution in [2.24, 2.45) is 5.73 Å². The number of halogens is 1. The maximum absolute atomic E-state index is 13.1. The van der Waals surface area contributed by atoms with Crippen molar-refractivity contribution in [1.82, 2.24) is 0 Å². The van der Waals surface area contributed by atoms with E-state index in [9.17, 15) is 4.39 Å². The molecule has 0 aliphatic heterocycles. The van der Waals surface area contributed by atoms with Crippen LogP contribution in [0.4, 0.5) is 4.39 Å². The zero-order valence-electron chi connectivity index (χ0n) is 11.9. The van der Waals surface area contributed by atoms with E-state index in [-0.39, 0.29) is 11.9 Å². The number of benzene rings is 2. The first-order valence-electron chi connectivity index (χ1n) is 6.86. The van der Waals surface area contributed by atoms with Crippen molar-refractivity contribution in [3.8, 4) is 5.75 Å². The molecule has 0 saturated carbocycles. The standard InChI is InChI=1S/C17H20FNO/c1-3-10-20-15-7-4-13(5-8-15)17(19)16-9-6-14(18)11-12(16)2/h4-9,11,17H,3,10,19H2,1-2H3. The number of hydrogen-bond donors (Lipinski definition) is 1. The van der Waals surface area contributed by atoms with Crippen LogP contribution in [0.3, 0.4) is 0 Å². The summed E-state index contributed by atoms with van der Waals surface area (Å²) in [5.74, 6) is 0.611. The fourth-order valence-electron chi connectivity index (χ4n) is 2.16. The lowest BCUT2D eigenvalue weighted by molar-refractivity contribution is 0.317. The maximum Gasteiger partial charge on any atom is 0.123 e. The smallest absolute Gasteiger partial charge is 0.123 e. The SMILES string of the molecule is CCCOc1ccc(C(N)c2ccc(F)cc2C)cc1. The Morgan fingerprint density at radius 3 is 2.45 bits per heavy atom. The third kappa shape index (κ3) is 3.36. The highest BCUT2D eigenvalue weighted by atomic mass is 19.1. The first kappa shape index (κ1) is 14.5. The van der Waals surface area contributed by atoms with Gasteiger partial charge in [-0.2, -0.15) is 0 Å². The molecule has 2 aromatic rings. The average molecular weight is 273 g/mol. The van der Waals surface area contributed by atoms with Crippen LogP contribution in [0.5, 0.6) is 5.75 Å². The molecule has 0 aliphatic carbocycles. The molecule has 1 atom stereocenters. The second kappa shape index (κ2) is 6.53. The molecule has 2 N–H and O–H groups in total. The van der Waals surface area contributed by atoms with Crippen LogP contribution in [0.25, 0.3) is 0 Å². The van der Waals surface area contributed by atoms with Gasteiger partial charge in [-0.1, -0.05) is 25.1 Å². The summed E-state index contributed by atoms with van der Waals surface area (Å²) in [6.07, 6.45) is 0.982. The first-order chi connectivity index (χ1) is 9.61. The van der Waals surface area contributed by atoms with Crippen LogP contribution in [-0.2, 0) is 0 Å². The lowest BCUT2D eigenvalue weighted by Crippen LogP contribution is -2.13. The van der Waals surface area contributed by atoms with Crippen molar-refractivity contribution in [3.05, 3.63) is 65.0 Å². The molecule has 0 amide bonds. The summed E-state index contributed by atoms with van der Waals surface area (Å²) in [7, 11) is 0. The van der Waals surface area contributed by atoms with Crippen LogP contribution in [0, 0.1) is 12.7 Å². The van der Waals surface area contributed by atoms with Crippen LogP contribution in [0.15, 0.2) is 42.5 Å². The van der Waals surface area contributed by atoms with Crippen molar-refractivity contribution in [1.29, 1.82) is 0 Å². The van der Waals surface area contributed by atoms with E-state index in [1.54, 1.807) is 6.07 Å². The van der Waals surface area contributed by atoms with Gasteiger partial charge in [-0.15, -0.1) is 0 Å². The monoisotopic (exact) mass is 273 g/mol. The van der Waals surface area contributed by atoms with E-state index in [1.807, 2.05) is 31.2 Å². The number of hydrogen-bond acceptors (Lipinski definition) is 2. The van der Waals surface area contributed by atoms with E-state index >= 15 is 0 Å². The zero-order chi connectivity index (χ0) is 14.5. The molecule has 0 aromatic heterocycles. The van der Waals surface area contributed by atoms with Gasteiger partial charge in [0, 0.05) is 0 Å². The Morgan fingerprint density at radius 1 is 1.15 bits per heavy atom. The third-order valence-electron chi connectivity index (χ3n) is 3.28. The van der Waals surface area contributed by atoms with E-state index in [4.69, 9.17) is 10.5 Å². The average Bonchev–Trinajstić information content (AvgIpc) is 2.45. The molecule has 2 nitrogen and oxygen atoms in total. The molecule has 0 fully saturated rings. The molecular weight excluding hydrogens is 253 g/mol. The summed E-state index contributed by atoms with van der Waals surface area (Å²) in [4.78, 5) is 0. The van der Waals surface area contributed by atoms with Crippen LogP contribution >= 0.6 is 0 Å². The van der Waals surface area contributed by atoms with Crippen molar-refractivity contribution in [3.63, 3.8) is 0 Å². The Labute approximate surface area is 119 Å². The topological polar surface area (TPSA) is 35.2 Å². The summed E-state index contributed by atoms with van der Waals surface area (Å²) in [6.45, 7) is 4.65. The molecule has 2 aromatic carbocycles.